The number of fused-ring (bicyclic) bond motifs is 4. The molecule has 57 heavy (non-hydrogen) atoms. The lowest BCUT2D eigenvalue weighted by atomic mass is 9.83. The van der Waals surface area contributed by atoms with E-state index in [9.17, 15) is 19.8 Å². The molecular weight excluding hydrogens is 717 g/mol. The van der Waals surface area contributed by atoms with Crippen molar-refractivity contribution in [2.45, 2.75) is 69.6 Å². The van der Waals surface area contributed by atoms with E-state index in [2.05, 4.69) is 45.9 Å². The first-order valence-corrected chi connectivity index (χ1v) is 20.7. The molecule has 4 aromatic carbocycles. The molecule has 5 N–H and O–H groups in total. The topological polar surface area (TPSA) is 133 Å². The van der Waals surface area contributed by atoms with Crippen molar-refractivity contribution >= 4 is 17.0 Å². The maximum atomic E-state index is 13.6. The van der Waals surface area contributed by atoms with Crippen molar-refractivity contribution in [3.63, 3.8) is 0 Å². The first kappa shape index (κ1) is 40.1. The summed E-state index contributed by atoms with van der Waals surface area (Å²) in [6.07, 6.45) is 7.20. The number of piperidine rings is 3. The van der Waals surface area contributed by atoms with Gasteiger partial charge in [-0.1, -0.05) is 78.9 Å². The van der Waals surface area contributed by atoms with E-state index in [1.807, 2.05) is 54.6 Å². The fourth-order valence-corrected chi connectivity index (χ4v) is 8.79. The zero-order valence-electron chi connectivity index (χ0n) is 32.8. The second-order valence-corrected chi connectivity index (χ2v) is 15.9. The number of carbonyl (C=O) groups excluding carboxylic acids is 1. The van der Waals surface area contributed by atoms with Crippen LogP contribution in [0, 0.1) is 5.92 Å². The molecule has 3 fully saturated rings. The molecule has 3 aliphatic rings. The Morgan fingerprint density at radius 1 is 0.842 bits per heavy atom. The van der Waals surface area contributed by atoms with E-state index >= 15 is 0 Å². The van der Waals surface area contributed by atoms with Crippen molar-refractivity contribution in [2.75, 3.05) is 45.9 Å². The molecule has 0 radical (unpaired) electrons. The Morgan fingerprint density at radius 2 is 1.61 bits per heavy atom. The molecule has 8 rings (SSSR count). The summed E-state index contributed by atoms with van der Waals surface area (Å²) in [5.74, 6) is 1.15. The van der Waals surface area contributed by atoms with E-state index in [-0.39, 0.29) is 29.5 Å². The van der Waals surface area contributed by atoms with Crippen LogP contribution in [0.1, 0.15) is 79.3 Å². The smallest absolute Gasteiger partial charge is 0.408 e. The number of alkyl carbamates (subject to hydrolysis) is 1. The summed E-state index contributed by atoms with van der Waals surface area (Å²) < 4.78 is 13.5. The number of aryl methyl sites for hydroxylation is 1. The largest absolute Gasteiger partial charge is 0.506 e. The number of aromatic amines is 1. The number of amides is 1. The number of pyridine rings is 1. The minimum absolute atomic E-state index is 0.0251. The fourth-order valence-electron chi connectivity index (χ4n) is 8.79. The van der Waals surface area contributed by atoms with Crippen molar-refractivity contribution in [2.24, 2.45) is 5.92 Å². The maximum Gasteiger partial charge on any atom is 0.408 e. The van der Waals surface area contributed by atoms with Gasteiger partial charge in [-0.2, -0.15) is 0 Å². The molecule has 3 saturated heterocycles. The number of hydrogen-bond donors (Lipinski definition) is 5. The molecule has 300 valence electrons. The minimum Gasteiger partial charge on any atom is -0.506 e. The van der Waals surface area contributed by atoms with Crippen LogP contribution in [0.25, 0.3) is 10.9 Å². The van der Waals surface area contributed by atoms with E-state index in [0.29, 0.717) is 35.5 Å². The number of quaternary nitrogens is 1. The number of benzene rings is 4. The lowest BCUT2D eigenvalue weighted by Crippen LogP contribution is -2.64. The number of unbranched alkanes of at least 4 members (excludes halogenated alkanes) is 3. The van der Waals surface area contributed by atoms with E-state index in [0.717, 1.165) is 79.5 Å². The summed E-state index contributed by atoms with van der Waals surface area (Å²) in [4.78, 5) is 28.0. The third-order valence-corrected chi connectivity index (χ3v) is 11.9. The highest BCUT2D eigenvalue weighted by Gasteiger charge is 2.47. The molecule has 3 atom stereocenters. The van der Waals surface area contributed by atoms with Gasteiger partial charge in [-0.25, -0.2) is 4.79 Å². The lowest BCUT2D eigenvalue weighted by Gasteiger charge is -2.52. The predicted molar refractivity (Wildman–Crippen MR) is 223 cm³/mol. The van der Waals surface area contributed by atoms with Crippen LogP contribution in [0.4, 0.5) is 4.79 Å². The number of hydrogen-bond acceptors (Lipinski definition) is 7. The Balaban J connectivity index is 0.862. The van der Waals surface area contributed by atoms with Gasteiger partial charge >= 0.3 is 6.09 Å². The van der Waals surface area contributed by atoms with Crippen LogP contribution in [-0.4, -0.2) is 77.8 Å². The molecule has 3 aliphatic heterocycles. The van der Waals surface area contributed by atoms with Crippen LogP contribution in [0.2, 0.25) is 0 Å². The summed E-state index contributed by atoms with van der Waals surface area (Å²) in [6.45, 7) is 6.06. The zero-order valence-corrected chi connectivity index (χ0v) is 32.8. The van der Waals surface area contributed by atoms with Crippen molar-refractivity contribution in [1.29, 1.82) is 0 Å². The van der Waals surface area contributed by atoms with Crippen LogP contribution >= 0.6 is 0 Å². The first-order chi connectivity index (χ1) is 27.9. The van der Waals surface area contributed by atoms with Crippen LogP contribution < -0.4 is 20.9 Å². The molecule has 0 spiro atoms. The number of phenols is 1. The van der Waals surface area contributed by atoms with Gasteiger partial charge in [-0.3, -0.25) is 4.79 Å². The predicted octanol–water partition coefficient (Wildman–Crippen LogP) is 7.55. The van der Waals surface area contributed by atoms with Crippen molar-refractivity contribution in [3.8, 4) is 11.5 Å². The highest BCUT2D eigenvalue weighted by atomic mass is 16.6. The average molecular weight is 774 g/mol. The molecule has 10 heteroatoms. The van der Waals surface area contributed by atoms with Gasteiger partial charge < -0.3 is 39.8 Å². The Bertz CT molecular complexity index is 2100. The number of nitrogens with zero attached hydrogens (tertiary/aromatic N) is 1. The van der Waals surface area contributed by atoms with Crippen molar-refractivity contribution in [3.05, 3.63) is 142 Å². The standard InChI is InChI=1S/C47H56N4O6/c52-41-22-20-39(40-21-23-44(54)49-46(40)41)42(53)32-48-26-9-3-11-30-56-38-19-12-18-37(31-38)45(36-16-6-2-7-17-36)50-47(55)57-43-33-51(28-24-35(43)25-29-51)27-10-8-15-34-13-4-1-5-14-34/h1-2,4-7,12-14,16-23,31,35,42-43,45,48,53H,3,8-11,15,24-30,32-33H2,(H2-,49,50,52,54,55)/p+1/t35?,42?,43-,45?,51?/m0/s1. The molecule has 2 bridgehead atoms. The number of phenolic OH excluding ortho intramolecular Hbond substituents is 1. The molecule has 5 aromatic rings. The van der Waals surface area contributed by atoms with Gasteiger partial charge in [-0.05, 0) is 91.6 Å². The first-order valence-electron chi connectivity index (χ1n) is 20.7. The van der Waals surface area contributed by atoms with Crippen molar-refractivity contribution < 1.29 is 29.0 Å². The van der Waals surface area contributed by atoms with Gasteiger partial charge in [0.05, 0.1) is 43.9 Å². The highest BCUT2D eigenvalue weighted by molar-refractivity contribution is 5.87. The number of aliphatic hydroxyl groups excluding tert-OH is 1. The number of carbonyl (C=O) groups is 1. The number of H-pyrrole nitrogens is 1. The van der Waals surface area contributed by atoms with E-state index in [1.165, 1.54) is 43.6 Å². The summed E-state index contributed by atoms with van der Waals surface area (Å²) in [5.41, 5.74) is 3.98. The SMILES string of the molecule is O=C(NC(c1ccccc1)c1cccc(OCCCCCNCC(O)c2ccc(O)c3[nH]c(=O)ccc23)c1)O[C@H]1C[N+]2(CCCCc3ccccc3)CCC1CC2. The number of rotatable bonds is 19. The Hall–Kier alpha value is -5.16. The van der Waals surface area contributed by atoms with E-state index in [4.69, 9.17) is 9.47 Å². The van der Waals surface area contributed by atoms with E-state index < -0.39 is 6.10 Å². The molecule has 1 amide bonds. The molecule has 0 saturated carbocycles. The number of ether oxygens (including phenoxy) is 2. The fraction of sp³-hybridized carbons (Fsp3) is 0.404. The molecule has 4 heterocycles. The average Bonchev–Trinajstić information content (AvgIpc) is 3.24. The van der Waals surface area contributed by atoms with Crippen LogP contribution in [-0.2, 0) is 11.2 Å². The van der Waals surface area contributed by atoms with Gasteiger partial charge in [0.25, 0.3) is 0 Å². The monoisotopic (exact) mass is 773 g/mol. The van der Waals surface area contributed by atoms with Gasteiger partial charge in [-0.15, -0.1) is 0 Å². The minimum atomic E-state index is -0.787. The second-order valence-electron chi connectivity index (χ2n) is 15.9. The molecule has 1 aromatic heterocycles. The second kappa shape index (κ2) is 19.3. The summed E-state index contributed by atoms with van der Waals surface area (Å²) in [6, 6.07) is 34.5. The van der Waals surface area contributed by atoms with E-state index in [1.54, 1.807) is 12.1 Å². The summed E-state index contributed by atoms with van der Waals surface area (Å²) in [7, 11) is 0. The Labute approximate surface area is 335 Å². The number of aromatic nitrogens is 1. The van der Waals surface area contributed by atoms with Gasteiger partial charge in [0, 0.05) is 36.8 Å². The molecule has 0 aliphatic carbocycles. The van der Waals surface area contributed by atoms with Gasteiger partial charge in [0.2, 0.25) is 5.56 Å². The van der Waals surface area contributed by atoms with Crippen LogP contribution in [0.5, 0.6) is 11.5 Å². The summed E-state index contributed by atoms with van der Waals surface area (Å²) >= 11 is 0. The number of nitrogens with one attached hydrogen (secondary N) is 3. The molecular formula is C47H57N4O6+. The van der Waals surface area contributed by atoms with Crippen molar-refractivity contribution in [1.82, 2.24) is 15.6 Å². The third kappa shape index (κ3) is 10.6. The van der Waals surface area contributed by atoms with Crippen LogP contribution in [0.3, 0.4) is 0 Å². The third-order valence-electron chi connectivity index (χ3n) is 11.9. The molecule has 10 nitrogen and oxygen atoms in total. The van der Waals surface area contributed by atoms with Gasteiger partial charge in [0.15, 0.2) is 6.10 Å². The normalized spacial score (nSPS) is 19.9. The quantitative estimate of drug-likeness (QED) is 0.0433. The van der Waals surface area contributed by atoms with Crippen LogP contribution in [0.15, 0.2) is 114 Å². The molecule has 2 unspecified atom stereocenters. The number of aromatic hydroxyl groups is 1. The van der Waals surface area contributed by atoms with Gasteiger partial charge in [0.1, 0.15) is 18.0 Å². The highest BCUT2D eigenvalue weighted by Crippen LogP contribution is 2.36. The number of aliphatic hydroxyl groups is 1. The summed E-state index contributed by atoms with van der Waals surface area (Å²) in [5, 5.41) is 28.1. The maximum absolute atomic E-state index is 13.6. The Kier molecular flexibility index (Phi) is 13.6. The zero-order chi connectivity index (χ0) is 39.5. The lowest BCUT2D eigenvalue weighted by molar-refractivity contribution is -0.946. The Morgan fingerprint density at radius 3 is 2.42 bits per heavy atom.